The molecule has 0 radical (unpaired) electrons. The Morgan fingerprint density at radius 2 is 2.10 bits per heavy atom. The Morgan fingerprint density at radius 3 is 2.83 bits per heavy atom. The van der Waals surface area contributed by atoms with Gasteiger partial charge in [0.05, 0.1) is 11.7 Å². The lowest BCUT2D eigenvalue weighted by molar-refractivity contribution is -0.142. The molecule has 1 N–H and O–H groups in total. The summed E-state index contributed by atoms with van der Waals surface area (Å²) in [5.74, 6) is -0.678. The summed E-state index contributed by atoms with van der Waals surface area (Å²) < 4.78 is 12.2. The number of allylic oxidation sites excluding steroid dienone is 3. The molecule has 1 aliphatic carbocycles. The van der Waals surface area contributed by atoms with E-state index < -0.39 is 5.92 Å². The highest BCUT2D eigenvalue weighted by Crippen LogP contribution is 2.43. The van der Waals surface area contributed by atoms with E-state index in [2.05, 4.69) is 21.2 Å². The zero-order chi connectivity index (χ0) is 20.5. The van der Waals surface area contributed by atoms with Gasteiger partial charge in [0.25, 0.3) is 0 Å². The number of hydrogen-bond acceptors (Lipinski definition) is 5. The summed E-state index contributed by atoms with van der Waals surface area (Å²) in [6.07, 6.45) is 4.04. The first kappa shape index (κ1) is 20.4. The molecule has 2 atom stereocenters. The normalized spacial score (nSPS) is 24.4. The Morgan fingerprint density at radius 1 is 1.28 bits per heavy atom. The lowest BCUT2D eigenvalue weighted by Crippen LogP contribution is -2.35. The number of hydrogen-bond donors (Lipinski definition) is 1. The molecule has 1 aromatic rings. The highest BCUT2D eigenvalue weighted by atomic mass is 79.9. The molecule has 0 bridgehead atoms. The van der Waals surface area contributed by atoms with E-state index in [-0.39, 0.29) is 24.5 Å². The molecule has 5 nitrogen and oxygen atoms in total. The molecule has 6 heteroatoms. The standard InChI is InChI=1S/C23H26BrNO4/c1-13-8-9-15(11-17(13)24)21-20(23(27)29-12-16-5-4-10-28-16)14(2)25-18-6-3-7-19(26)22(18)21/h8-9,11,16,21,25H,3-7,10,12H2,1-2H3. The van der Waals surface area contributed by atoms with Crippen LogP contribution in [0, 0.1) is 6.92 Å². The number of ether oxygens (including phenoxy) is 2. The monoisotopic (exact) mass is 459 g/mol. The number of carbonyl (C=O) groups excluding carboxylic acids is 2. The van der Waals surface area contributed by atoms with Crippen LogP contribution in [-0.2, 0) is 19.1 Å². The van der Waals surface area contributed by atoms with Crippen molar-refractivity contribution < 1.29 is 19.1 Å². The fourth-order valence-electron chi connectivity index (χ4n) is 4.40. The van der Waals surface area contributed by atoms with Crippen LogP contribution in [0.25, 0.3) is 0 Å². The first-order valence-electron chi connectivity index (χ1n) is 10.2. The molecule has 2 aliphatic heterocycles. The molecule has 4 rings (SSSR count). The van der Waals surface area contributed by atoms with Crippen LogP contribution in [0.15, 0.2) is 45.2 Å². The minimum Gasteiger partial charge on any atom is -0.459 e. The van der Waals surface area contributed by atoms with Crippen molar-refractivity contribution in [3.8, 4) is 0 Å². The third kappa shape index (κ3) is 4.05. The van der Waals surface area contributed by atoms with E-state index in [0.29, 0.717) is 17.6 Å². The molecule has 0 spiro atoms. The number of dihydropyridines is 1. The maximum atomic E-state index is 13.2. The highest BCUT2D eigenvalue weighted by molar-refractivity contribution is 9.10. The zero-order valence-corrected chi connectivity index (χ0v) is 18.4. The van der Waals surface area contributed by atoms with Gasteiger partial charge in [-0.05, 0) is 56.7 Å². The van der Waals surface area contributed by atoms with Gasteiger partial charge < -0.3 is 14.8 Å². The SMILES string of the molecule is CC1=C(C(=O)OCC2CCCO2)C(c2ccc(C)c(Br)c2)C2=C(CCCC2=O)N1. The van der Waals surface area contributed by atoms with E-state index in [1.165, 1.54) is 0 Å². The summed E-state index contributed by atoms with van der Waals surface area (Å²) >= 11 is 3.60. The molecule has 0 amide bonds. The minimum atomic E-state index is -0.409. The number of Topliss-reactive ketones (excluding diaryl/α,β-unsaturated/α-hetero) is 1. The van der Waals surface area contributed by atoms with Crippen molar-refractivity contribution in [1.82, 2.24) is 5.32 Å². The summed E-state index contributed by atoms with van der Waals surface area (Å²) in [5, 5.41) is 3.33. The van der Waals surface area contributed by atoms with E-state index in [0.717, 1.165) is 59.3 Å². The first-order chi connectivity index (χ1) is 14.0. The molecule has 1 aromatic carbocycles. The maximum Gasteiger partial charge on any atom is 0.336 e. The number of nitrogens with one attached hydrogen (secondary N) is 1. The summed E-state index contributed by atoms with van der Waals surface area (Å²) in [5.41, 5.74) is 4.97. The third-order valence-electron chi connectivity index (χ3n) is 5.95. The predicted molar refractivity (Wildman–Crippen MR) is 113 cm³/mol. The van der Waals surface area contributed by atoms with Crippen molar-refractivity contribution in [2.24, 2.45) is 0 Å². The van der Waals surface area contributed by atoms with Crippen LogP contribution >= 0.6 is 15.9 Å². The van der Waals surface area contributed by atoms with Crippen molar-refractivity contribution in [3.05, 3.63) is 56.3 Å². The van der Waals surface area contributed by atoms with Gasteiger partial charge in [0.2, 0.25) is 0 Å². The summed E-state index contributed by atoms with van der Waals surface area (Å²) in [6, 6.07) is 6.03. The van der Waals surface area contributed by atoms with Gasteiger partial charge in [-0.3, -0.25) is 4.79 Å². The smallest absolute Gasteiger partial charge is 0.336 e. The summed E-state index contributed by atoms with van der Waals surface area (Å²) in [6.45, 7) is 4.88. The largest absolute Gasteiger partial charge is 0.459 e. The van der Waals surface area contributed by atoms with Crippen molar-refractivity contribution in [2.75, 3.05) is 13.2 Å². The van der Waals surface area contributed by atoms with Crippen LogP contribution in [0.1, 0.15) is 56.1 Å². The van der Waals surface area contributed by atoms with Gasteiger partial charge >= 0.3 is 5.97 Å². The Balaban J connectivity index is 1.71. The van der Waals surface area contributed by atoms with E-state index in [1.807, 2.05) is 32.0 Å². The number of aryl methyl sites for hydroxylation is 1. The van der Waals surface area contributed by atoms with Crippen molar-refractivity contribution >= 4 is 27.7 Å². The van der Waals surface area contributed by atoms with Crippen LogP contribution in [0.2, 0.25) is 0 Å². The third-order valence-corrected chi connectivity index (χ3v) is 6.80. The fourth-order valence-corrected chi connectivity index (χ4v) is 4.79. The van der Waals surface area contributed by atoms with Gasteiger partial charge in [-0.2, -0.15) is 0 Å². The Hall–Kier alpha value is -1.92. The number of halogens is 1. The second-order valence-corrected chi connectivity index (χ2v) is 8.86. The molecule has 0 aromatic heterocycles. The van der Waals surface area contributed by atoms with Crippen molar-refractivity contribution in [3.63, 3.8) is 0 Å². The van der Waals surface area contributed by atoms with Crippen molar-refractivity contribution in [2.45, 2.75) is 58.0 Å². The number of benzene rings is 1. The van der Waals surface area contributed by atoms with E-state index in [4.69, 9.17) is 9.47 Å². The van der Waals surface area contributed by atoms with Crippen LogP contribution in [-0.4, -0.2) is 31.1 Å². The van der Waals surface area contributed by atoms with Crippen LogP contribution < -0.4 is 5.32 Å². The van der Waals surface area contributed by atoms with Gasteiger partial charge in [-0.25, -0.2) is 4.79 Å². The summed E-state index contributed by atoms with van der Waals surface area (Å²) in [4.78, 5) is 26.1. The molecular formula is C23H26BrNO4. The van der Waals surface area contributed by atoms with Crippen molar-refractivity contribution in [1.29, 1.82) is 0 Å². The van der Waals surface area contributed by atoms with Gasteiger partial charge in [0.1, 0.15) is 6.61 Å². The molecule has 154 valence electrons. The average Bonchev–Trinajstić information content (AvgIpc) is 3.21. The van der Waals surface area contributed by atoms with Crippen LogP contribution in [0.3, 0.4) is 0 Å². The molecule has 2 unspecified atom stereocenters. The molecule has 3 aliphatic rings. The van der Waals surface area contributed by atoms with Gasteiger partial charge in [0, 0.05) is 40.4 Å². The molecule has 29 heavy (non-hydrogen) atoms. The maximum absolute atomic E-state index is 13.2. The Labute approximate surface area is 179 Å². The zero-order valence-electron chi connectivity index (χ0n) is 16.8. The number of carbonyl (C=O) groups is 2. The van der Waals surface area contributed by atoms with E-state index in [1.54, 1.807) is 0 Å². The first-order valence-corrected chi connectivity index (χ1v) is 11.0. The van der Waals surface area contributed by atoms with E-state index in [9.17, 15) is 9.59 Å². The number of esters is 1. The lowest BCUT2D eigenvalue weighted by atomic mass is 9.75. The van der Waals surface area contributed by atoms with Crippen LogP contribution in [0.5, 0.6) is 0 Å². The summed E-state index contributed by atoms with van der Waals surface area (Å²) in [7, 11) is 0. The average molecular weight is 460 g/mol. The second-order valence-electron chi connectivity index (χ2n) is 8.01. The predicted octanol–water partition coefficient (Wildman–Crippen LogP) is 4.45. The molecule has 1 fully saturated rings. The highest BCUT2D eigenvalue weighted by Gasteiger charge is 2.39. The molecule has 2 heterocycles. The second kappa shape index (κ2) is 8.44. The topological polar surface area (TPSA) is 64.6 Å². The molecule has 0 saturated carbocycles. The molecule has 1 saturated heterocycles. The number of ketones is 1. The molecular weight excluding hydrogens is 434 g/mol. The minimum absolute atomic E-state index is 0.0329. The van der Waals surface area contributed by atoms with Gasteiger partial charge in [-0.1, -0.05) is 28.1 Å². The lowest BCUT2D eigenvalue weighted by Gasteiger charge is -2.34. The van der Waals surface area contributed by atoms with E-state index >= 15 is 0 Å². The fraction of sp³-hybridized carbons (Fsp3) is 0.478. The Bertz CT molecular complexity index is 911. The number of rotatable bonds is 4. The van der Waals surface area contributed by atoms with Gasteiger partial charge in [-0.15, -0.1) is 0 Å². The Kier molecular flexibility index (Phi) is 5.93. The van der Waals surface area contributed by atoms with Gasteiger partial charge in [0.15, 0.2) is 5.78 Å². The quantitative estimate of drug-likeness (QED) is 0.673. The van der Waals surface area contributed by atoms with Crippen LogP contribution in [0.4, 0.5) is 0 Å².